The fraction of sp³-hybridized carbons (Fsp3) is 0.636. The van der Waals surface area contributed by atoms with Crippen LogP contribution in [0.5, 0.6) is 0 Å². The van der Waals surface area contributed by atoms with E-state index < -0.39 is 0 Å². The van der Waals surface area contributed by atoms with E-state index in [1.54, 1.807) is 0 Å². The van der Waals surface area contributed by atoms with E-state index in [0.29, 0.717) is 25.6 Å². The van der Waals surface area contributed by atoms with Crippen LogP contribution in [-0.4, -0.2) is 35.9 Å². The number of carbonyl (C=O) groups is 1. The fourth-order valence-corrected chi connectivity index (χ4v) is 3.41. The standard InChI is InChI=1S/C22H36N4O.HI/c1-4-6-7-10-18(3)25-22(23-5-2)24-16-19-11-8-12-20(15-19)17-26-14-9-13-21(26)27;/h8,11-12,15,18H,4-7,9-10,13-14,16-17H2,1-3H3,(H2,23,24,25);1H. The molecule has 1 aromatic rings. The van der Waals surface area contributed by atoms with Gasteiger partial charge in [-0.2, -0.15) is 0 Å². The number of rotatable bonds is 10. The number of unbranched alkanes of at least 4 members (excludes halogenated alkanes) is 2. The first kappa shape index (κ1) is 24.7. The summed E-state index contributed by atoms with van der Waals surface area (Å²) in [6.45, 7) is 9.62. The summed E-state index contributed by atoms with van der Waals surface area (Å²) in [5, 5.41) is 6.85. The number of hydrogen-bond donors (Lipinski definition) is 2. The first-order chi connectivity index (χ1) is 13.1. The third-order valence-electron chi connectivity index (χ3n) is 4.92. The van der Waals surface area contributed by atoms with Crippen molar-refractivity contribution in [2.75, 3.05) is 13.1 Å². The molecule has 0 aromatic heterocycles. The molecule has 158 valence electrons. The van der Waals surface area contributed by atoms with Crippen LogP contribution in [-0.2, 0) is 17.9 Å². The molecule has 0 saturated carbocycles. The van der Waals surface area contributed by atoms with E-state index in [9.17, 15) is 4.79 Å². The Morgan fingerprint density at radius 3 is 2.71 bits per heavy atom. The normalized spacial score (nSPS) is 15.3. The lowest BCUT2D eigenvalue weighted by molar-refractivity contribution is -0.128. The van der Waals surface area contributed by atoms with Crippen molar-refractivity contribution < 1.29 is 4.79 Å². The highest BCUT2D eigenvalue weighted by atomic mass is 127. The van der Waals surface area contributed by atoms with Gasteiger partial charge in [0.2, 0.25) is 5.91 Å². The van der Waals surface area contributed by atoms with Crippen LogP contribution in [0, 0.1) is 0 Å². The highest BCUT2D eigenvalue weighted by Gasteiger charge is 2.19. The lowest BCUT2D eigenvalue weighted by Gasteiger charge is -2.18. The van der Waals surface area contributed by atoms with E-state index in [-0.39, 0.29) is 29.9 Å². The predicted octanol–water partition coefficient (Wildman–Crippen LogP) is 4.45. The summed E-state index contributed by atoms with van der Waals surface area (Å²) in [4.78, 5) is 18.5. The number of halogens is 1. The van der Waals surface area contributed by atoms with E-state index in [1.807, 2.05) is 4.90 Å². The Morgan fingerprint density at radius 2 is 2.04 bits per heavy atom. The van der Waals surface area contributed by atoms with Crippen LogP contribution in [0.25, 0.3) is 0 Å². The Morgan fingerprint density at radius 1 is 1.25 bits per heavy atom. The molecule has 1 aromatic carbocycles. The molecule has 6 heteroatoms. The Hall–Kier alpha value is -1.31. The zero-order valence-electron chi connectivity index (χ0n) is 17.7. The highest BCUT2D eigenvalue weighted by molar-refractivity contribution is 14.0. The van der Waals surface area contributed by atoms with Gasteiger partial charge >= 0.3 is 0 Å². The highest BCUT2D eigenvalue weighted by Crippen LogP contribution is 2.15. The number of hydrogen-bond acceptors (Lipinski definition) is 2. The average Bonchev–Trinajstić information content (AvgIpc) is 3.05. The van der Waals surface area contributed by atoms with E-state index in [0.717, 1.165) is 31.9 Å². The maximum absolute atomic E-state index is 11.8. The van der Waals surface area contributed by atoms with Crippen LogP contribution < -0.4 is 10.6 Å². The van der Waals surface area contributed by atoms with Gasteiger partial charge in [-0.3, -0.25) is 4.79 Å². The van der Waals surface area contributed by atoms with Gasteiger partial charge in [0.25, 0.3) is 0 Å². The molecule has 1 aliphatic heterocycles. The zero-order valence-corrected chi connectivity index (χ0v) is 20.0. The van der Waals surface area contributed by atoms with Gasteiger partial charge in [0.05, 0.1) is 6.54 Å². The molecule has 1 amide bonds. The van der Waals surface area contributed by atoms with Gasteiger partial charge in [-0.1, -0.05) is 50.5 Å². The molecule has 0 radical (unpaired) electrons. The second kappa shape index (κ2) is 13.8. The second-order valence-corrected chi connectivity index (χ2v) is 7.48. The Balaban J connectivity index is 0.00000392. The second-order valence-electron chi connectivity index (χ2n) is 7.48. The van der Waals surface area contributed by atoms with Gasteiger partial charge in [-0.25, -0.2) is 4.99 Å². The first-order valence-corrected chi connectivity index (χ1v) is 10.5. The van der Waals surface area contributed by atoms with Crippen LogP contribution in [0.2, 0.25) is 0 Å². The minimum atomic E-state index is 0. The van der Waals surface area contributed by atoms with E-state index in [2.05, 4.69) is 55.7 Å². The molecule has 1 atom stereocenters. The number of benzene rings is 1. The minimum absolute atomic E-state index is 0. The summed E-state index contributed by atoms with van der Waals surface area (Å²) in [6.07, 6.45) is 6.63. The van der Waals surface area contributed by atoms with Crippen molar-refractivity contribution in [3.05, 3.63) is 35.4 Å². The number of amides is 1. The Bertz CT molecular complexity index is 620. The van der Waals surface area contributed by atoms with Crippen LogP contribution in [0.4, 0.5) is 0 Å². The quantitative estimate of drug-likeness (QED) is 0.216. The van der Waals surface area contributed by atoms with Gasteiger partial charge in [0.1, 0.15) is 0 Å². The summed E-state index contributed by atoms with van der Waals surface area (Å²) >= 11 is 0. The third kappa shape index (κ3) is 8.80. The number of aliphatic imine (C=N–C) groups is 1. The molecule has 1 aliphatic rings. The topological polar surface area (TPSA) is 56.7 Å². The number of nitrogens with one attached hydrogen (secondary N) is 2. The van der Waals surface area contributed by atoms with Crippen LogP contribution in [0.15, 0.2) is 29.3 Å². The van der Waals surface area contributed by atoms with E-state index >= 15 is 0 Å². The number of nitrogens with zero attached hydrogens (tertiary/aromatic N) is 2. The molecule has 0 spiro atoms. The van der Waals surface area contributed by atoms with Crippen molar-refractivity contribution in [3.8, 4) is 0 Å². The smallest absolute Gasteiger partial charge is 0.222 e. The maximum atomic E-state index is 11.8. The molecule has 2 N–H and O–H groups in total. The molecule has 28 heavy (non-hydrogen) atoms. The maximum Gasteiger partial charge on any atom is 0.222 e. The molecule has 1 heterocycles. The molecule has 1 fully saturated rings. The van der Waals surface area contributed by atoms with E-state index in [1.165, 1.54) is 30.4 Å². The number of likely N-dealkylation sites (tertiary alicyclic amines) is 1. The summed E-state index contributed by atoms with van der Waals surface area (Å²) < 4.78 is 0. The summed E-state index contributed by atoms with van der Waals surface area (Å²) in [5.74, 6) is 1.15. The largest absolute Gasteiger partial charge is 0.357 e. The van der Waals surface area contributed by atoms with Gasteiger partial charge in [0.15, 0.2) is 5.96 Å². The Labute approximate surface area is 187 Å². The van der Waals surface area contributed by atoms with Crippen molar-refractivity contribution in [2.24, 2.45) is 4.99 Å². The number of carbonyl (C=O) groups excluding carboxylic acids is 1. The summed E-state index contributed by atoms with van der Waals surface area (Å²) in [7, 11) is 0. The van der Waals surface area contributed by atoms with Crippen LogP contribution in [0.3, 0.4) is 0 Å². The third-order valence-corrected chi connectivity index (χ3v) is 4.92. The summed E-state index contributed by atoms with van der Waals surface area (Å²) in [5.41, 5.74) is 2.36. The van der Waals surface area contributed by atoms with Crippen molar-refractivity contribution in [3.63, 3.8) is 0 Å². The van der Waals surface area contributed by atoms with Crippen molar-refractivity contribution in [2.45, 2.75) is 78.4 Å². The summed E-state index contributed by atoms with van der Waals surface area (Å²) in [6, 6.07) is 8.85. The molecule has 0 bridgehead atoms. The molecule has 5 nitrogen and oxygen atoms in total. The predicted molar refractivity (Wildman–Crippen MR) is 128 cm³/mol. The average molecular weight is 500 g/mol. The van der Waals surface area contributed by atoms with Crippen molar-refractivity contribution in [1.29, 1.82) is 0 Å². The SMILES string of the molecule is CCCCCC(C)NC(=NCc1cccc(CN2CCCC2=O)c1)NCC.I. The molecular formula is C22H37IN4O. The van der Waals surface area contributed by atoms with Gasteiger partial charge in [-0.05, 0) is 37.8 Å². The molecule has 2 rings (SSSR count). The Kier molecular flexibility index (Phi) is 12.2. The molecule has 1 unspecified atom stereocenters. The minimum Gasteiger partial charge on any atom is -0.357 e. The fourth-order valence-electron chi connectivity index (χ4n) is 3.41. The van der Waals surface area contributed by atoms with Gasteiger partial charge in [0, 0.05) is 32.1 Å². The van der Waals surface area contributed by atoms with Crippen LogP contribution >= 0.6 is 24.0 Å². The number of guanidine groups is 1. The van der Waals surface area contributed by atoms with Gasteiger partial charge < -0.3 is 15.5 Å². The van der Waals surface area contributed by atoms with Crippen molar-refractivity contribution in [1.82, 2.24) is 15.5 Å². The first-order valence-electron chi connectivity index (χ1n) is 10.5. The molecular weight excluding hydrogens is 463 g/mol. The molecule has 1 saturated heterocycles. The lowest BCUT2D eigenvalue weighted by Crippen LogP contribution is -2.42. The zero-order chi connectivity index (χ0) is 19.5. The monoisotopic (exact) mass is 500 g/mol. The van der Waals surface area contributed by atoms with E-state index in [4.69, 9.17) is 4.99 Å². The molecule has 0 aliphatic carbocycles. The van der Waals surface area contributed by atoms with Crippen LogP contribution in [0.1, 0.15) is 70.4 Å². The van der Waals surface area contributed by atoms with Crippen molar-refractivity contribution >= 4 is 35.8 Å². The lowest BCUT2D eigenvalue weighted by atomic mass is 10.1. The van der Waals surface area contributed by atoms with Gasteiger partial charge in [-0.15, -0.1) is 24.0 Å².